The van der Waals surface area contributed by atoms with Gasteiger partial charge in [0.15, 0.2) is 0 Å². The summed E-state index contributed by atoms with van der Waals surface area (Å²) in [6.45, 7) is 6.15. The second-order valence-electron chi connectivity index (χ2n) is 3.23. The van der Waals surface area contributed by atoms with Crippen LogP contribution in [0.5, 0.6) is 0 Å². The van der Waals surface area contributed by atoms with Gasteiger partial charge < -0.3 is 0 Å². The molecule has 1 atom stereocenters. The summed E-state index contributed by atoms with van der Waals surface area (Å²) >= 11 is 0. The van der Waals surface area contributed by atoms with Crippen LogP contribution < -0.4 is 0 Å². The molecule has 1 radical (unpaired) electrons. The Morgan fingerprint density at radius 3 is 2.50 bits per heavy atom. The van der Waals surface area contributed by atoms with Crippen LogP contribution in [0.2, 0.25) is 0 Å². The van der Waals surface area contributed by atoms with Crippen LogP contribution in [-0.2, 0) is 0 Å². The van der Waals surface area contributed by atoms with Gasteiger partial charge in [-0.2, -0.15) is 0 Å². The van der Waals surface area contributed by atoms with Gasteiger partial charge in [0.1, 0.15) is 0 Å². The van der Waals surface area contributed by atoms with E-state index in [-0.39, 0.29) is 5.92 Å². The molecule has 1 aromatic rings. The number of hydrogen-bond acceptors (Lipinski definition) is 0. The molecule has 0 heterocycles. The third-order valence-electron chi connectivity index (χ3n) is 2.11. The molecule has 0 aliphatic rings. The van der Waals surface area contributed by atoms with Gasteiger partial charge in [-0.05, 0) is 38.3 Å². The SMILES string of the molecule is [C]#CC(C)c1ccc(C)cc1C. The van der Waals surface area contributed by atoms with Crippen LogP contribution in [-0.4, -0.2) is 0 Å². The second-order valence-corrected chi connectivity index (χ2v) is 3.23. The van der Waals surface area contributed by atoms with Crippen LogP contribution in [0.1, 0.15) is 29.5 Å². The van der Waals surface area contributed by atoms with Crippen LogP contribution >= 0.6 is 0 Å². The minimum absolute atomic E-state index is 0.116. The first-order chi connectivity index (χ1) is 5.65. The molecule has 0 saturated heterocycles. The minimum Gasteiger partial charge on any atom is -0.0812 e. The van der Waals surface area contributed by atoms with Crippen LogP contribution in [0.4, 0.5) is 0 Å². The molecule has 1 aromatic carbocycles. The van der Waals surface area contributed by atoms with E-state index in [1.807, 2.05) is 6.92 Å². The highest BCUT2D eigenvalue weighted by Crippen LogP contribution is 2.19. The number of rotatable bonds is 1. The predicted octanol–water partition coefficient (Wildman–Crippen LogP) is 3.00. The Morgan fingerprint density at radius 1 is 1.33 bits per heavy atom. The Labute approximate surface area is 74.6 Å². The lowest BCUT2D eigenvalue weighted by molar-refractivity contribution is 0.984. The molecule has 12 heavy (non-hydrogen) atoms. The van der Waals surface area contributed by atoms with Crippen molar-refractivity contribution in [2.75, 3.05) is 0 Å². The summed E-state index contributed by atoms with van der Waals surface area (Å²) < 4.78 is 0. The van der Waals surface area contributed by atoms with Gasteiger partial charge in [0.25, 0.3) is 0 Å². The quantitative estimate of drug-likeness (QED) is 0.550. The number of benzene rings is 1. The Bertz CT molecular complexity index is 315. The smallest absolute Gasteiger partial charge is 0.0436 e. The van der Waals surface area contributed by atoms with E-state index in [4.69, 9.17) is 6.42 Å². The fourth-order valence-electron chi connectivity index (χ4n) is 1.39. The Kier molecular flexibility index (Phi) is 2.55. The molecule has 0 bridgehead atoms. The van der Waals surface area contributed by atoms with Crippen LogP contribution in [0.15, 0.2) is 18.2 Å². The van der Waals surface area contributed by atoms with Gasteiger partial charge in [0.2, 0.25) is 0 Å². The summed E-state index contributed by atoms with van der Waals surface area (Å²) in [6, 6.07) is 6.30. The van der Waals surface area contributed by atoms with Crippen molar-refractivity contribution in [3.05, 3.63) is 41.3 Å². The highest BCUT2D eigenvalue weighted by atomic mass is 14.1. The Balaban J connectivity index is 3.11. The number of aryl methyl sites for hydroxylation is 2. The van der Waals surface area contributed by atoms with Crippen LogP contribution in [0.25, 0.3) is 0 Å². The van der Waals surface area contributed by atoms with Gasteiger partial charge in [-0.1, -0.05) is 29.7 Å². The lowest BCUT2D eigenvalue weighted by atomic mass is 9.96. The second kappa shape index (κ2) is 3.45. The van der Waals surface area contributed by atoms with E-state index in [1.165, 1.54) is 16.7 Å². The van der Waals surface area contributed by atoms with E-state index in [2.05, 4.69) is 38.0 Å². The third kappa shape index (κ3) is 1.68. The van der Waals surface area contributed by atoms with Gasteiger partial charge >= 0.3 is 0 Å². The molecule has 0 saturated carbocycles. The molecule has 1 unspecified atom stereocenters. The van der Waals surface area contributed by atoms with Crippen molar-refractivity contribution >= 4 is 0 Å². The highest BCUT2D eigenvalue weighted by molar-refractivity contribution is 5.35. The van der Waals surface area contributed by atoms with E-state index in [1.54, 1.807) is 0 Å². The monoisotopic (exact) mass is 157 g/mol. The van der Waals surface area contributed by atoms with Crippen LogP contribution in [0, 0.1) is 26.2 Å². The van der Waals surface area contributed by atoms with E-state index in [0.29, 0.717) is 0 Å². The lowest BCUT2D eigenvalue weighted by Crippen LogP contribution is -1.93. The molecule has 0 aliphatic carbocycles. The first-order valence-corrected chi connectivity index (χ1v) is 4.14. The van der Waals surface area contributed by atoms with Gasteiger partial charge in [-0.25, -0.2) is 0 Å². The topological polar surface area (TPSA) is 0 Å². The maximum Gasteiger partial charge on any atom is 0.0436 e. The fourth-order valence-corrected chi connectivity index (χ4v) is 1.39. The van der Waals surface area contributed by atoms with Crippen molar-refractivity contribution in [1.29, 1.82) is 0 Å². The van der Waals surface area contributed by atoms with Crippen molar-refractivity contribution < 1.29 is 0 Å². The third-order valence-corrected chi connectivity index (χ3v) is 2.11. The molecule has 0 N–H and O–H groups in total. The van der Waals surface area contributed by atoms with Gasteiger partial charge in [0.05, 0.1) is 0 Å². The standard InChI is InChI=1S/C12H13/c1-5-10(3)12-7-6-9(2)8-11(12)4/h6-8,10H,2-4H3. The molecule has 0 heteroatoms. The Hall–Kier alpha value is -1.22. The molecule has 0 aromatic heterocycles. The average Bonchev–Trinajstić information content (AvgIpc) is 2.03. The van der Waals surface area contributed by atoms with Crippen molar-refractivity contribution in [3.8, 4) is 5.92 Å². The van der Waals surface area contributed by atoms with Crippen molar-refractivity contribution in [2.45, 2.75) is 26.7 Å². The predicted molar refractivity (Wildman–Crippen MR) is 51.5 cm³/mol. The molecule has 61 valence electrons. The van der Waals surface area contributed by atoms with Gasteiger partial charge in [-0.15, -0.1) is 0 Å². The molecular weight excluding hydrogens is 144 g/mol. The molecule has 1 rings (SSSR count). The van der Waals surface area contributed by atoms with Crippen molar-refractivity contribution in [1.82, 2.24) is 0 Å². The normalized spacial score (nSPS) is 12.2. The van der Waals surface area contributed by atoms with E-state index in [0.717, 1.165) is 0 Å². The molecule has 0 amide bonds. The summed E-state index contributed by atoms with van der Waals surface area (Å²) in [4.78, 5) is 0. The summed E-state index contributed by atoms with van der Waals surface area (Å²) in [6.07, 6.45) is 7.05. The number of hydrogen-bond donors (Lipinski definition) is 0. The van der Waals surface area contributed by atoms with Crippen LogP contribution in [0.3, 0.4) is 0 Å². The van der Waals surface area contributed by atoms with Crippen molar-refractivity contribution in [2.24, 2.45) is 0 Å². The minimum atomic E-state index is 0.116. The Morgan fingerprint density at radius 2 is 2.00 bits per heavy atom. The molecular formula is C12H13. The molecule has 0 nitrogen and oxygen atoms in total. The summed E-state index contributed by atoms with van der Waals surface area (Å²) in [7, 11) is 0. The molecule has 0 spiro atoms. The first kappa shape index (κ1) is 8.87. The van der Waals surface area contributed by atoms with E-state index < -0.39 is 0 Å². The van der Waals surface area contributed by atoms with Crippen molar-refractivity contribution in [3.63, 3.8) is 0 Å². The largest absolute Gasteiger partial charge is 0.0812 e. The van der Waals surface area contributed by atoms with E-state index >= 15 is 0 Å². The summed E-state index contributed by atoms with van der Waals surface area (Å²) in [5.74, 6) is 2.61. The summed E-state index contributed by atoms with van der Waals surface area (Å²) in [5, 5.41) is 0. The van der Waals surface area contributed by atoms with Gasteiger partial charge in [0, 0.05) is 5.92 Å². The summed E-state index contributed by atoms with van der Waals surface area (Å²) in [5.41, 5.74) is 3.73. The zero-order chi connectivity index (χ0) is 9.14. The zero-order valence-corrected chi connectivity index (χ0v) is 7.81. The van der Waals surface area contributed by atoms with Gasteiger partial charge in [-0.3, -0.25) is 0 Å². The first-order valence-electron chi connectivity index (χ1n) is 4.14. The average molecular weight is 157 g/mol. The highest BCUT2D eigenvalue weighted by Gasteiger charge is 2.04. The molecule has 0 aliphatic heterocycles. The lowest BCUT2D eigenvalue weighted by Gasteiger charge is -2.08. The molecule has 0 fully saturated rings. The fraction of sp³-hybridized carbons (Fsp3) is 0.333. The maximum atomic E-state index is 7.05. The van der Waals surface area contributed by atoms with E-state index in [9.17, 15) is 0 Å². The zero-order valence-electron chi connectivity index (χ0n) is 7.81. The maximum absolute atomic E-state index is 7.05.